The topological polar surface area (TPSA) is 35.0 Å². The van der Waals surface area contributed by atoms with Crippen LogP contribution >= 0.6 is 7.81 Å². The first-order valence-corrected chi connectivity index (χ1v) is 6.52. The van der Waals surface area contributed by atoms with Gasteiger partial charge in [0.25, 0.3) is 0 Å². The Morgan fingerprint density at radius 2 is 1.06 bits per heavy atom. The molecule has 0 aliphatic rings. The molecule has 0 aliphatic heterocycles. The van der Waals surface area contributed by atoms with E-state index < -0.39 is 7.81 Å². The molecule has 1 rings (SSSR count). The van der Waals surface area contributed by atoms with Crippen LogP contribution in [0.15, 0.2) is 30.3 Å². The summed E-state index contributed by atoms with van der Waals surface area (Å²) in [6.07, 6.45) is 0. The molecule has 0 aromatic heterocycles. The summed E-state index contributed by atoms with van der Waals surface area (Å²) in [6.45, 7) is 0. The standard InChI is InChI=1S/C9H14N.F6P.H3N/c1-10(2,3)9-7-5-4-6-8-9;1-7(2,3,4,5)6;/h4-8H,1-3H3;;1H3/q+1;-1;. The van der Waals surface area contributed by atoms with Gasteiger partial charge in [-0.1, -0.05) is 18.2 Å². The summed E-state index contributed by atoms with van der Waals surface area (Å²) in [4.78, 5) is 0. The van der Waals surface area contributed by atoms with Gasteiger partial charge in [0.15, 0.2) is 0 Å². The van der Waals surface area contributed by atoms with Crippen molar-refractivity contribution >= 4 is 13.5 Å². The number of rotatable bonds is 1. The minimum atomic E-state index is -10.7. The van der Waals surface area contributed by atoms with Gasteiger partial charge in [0.2, 0.25) is 0 Å². The maximum absolute atomic E-state index is 10.7. The summed E-state index contributed by atoms with van der Waals surface area (Å²) < 4.78 is 60.1. The Bertz CT molecular complexity index is 355. The largest absolute Gasteiger partial charge is 0.344 e. The molecule has 0 heterocycles. The van der Waals surface area contributed by atoms with Gasteiger partial charge in [0.05, 0.1) is 21.1 Å². The van der Waals surface area contributed by atoms with E-state index >= 15 is 0 Å². The van der Waals surface area contributed by atoms with E-state index in [9.17, 15) is 25.2 Å². The van der Waals surface area contributed by atoms with Gasteiger partial charge >= 0.3 is 33.0 Å². The predicted octanol–water partition coefficient (Wildman–Crippen LogP) is 5.43. The van der Waals surface area contributed by atoms with Crippen molar-refractivity contribution in [2.75, 3.05) is 21.1 Å². The van der Waals surface area contributed by atoms with E-state index in [4.69, 9.17) is 0 Å². The average molecular weight is 298 g/mol. The van der Waals surface area contributed by atoms with Gasteiger partial charge in [-0.2, -0.15) is 0 Å². The van der Waals surface area contributed by atoms with E-state index in [0.717, 1.165) is 4.48 Å². The smallest absolute Gasteiger partial charge is 0.344 e. The van der Waals surface area contributed by atoms with Crippen molar-refractivity contribution in [3.8, 4) is 0 Å². The monoisotopic (exact) mass is 298 g/mol. The van der Waals surface area contributed by atoms with Gasteiger partial charge < -0.3 is 6.15 Å². The second kappa shape index (κ2) is 4.68. The third-order valence-electron chi connectivity index (χ3n) is 1.53. The molecule has 0 saturated heterocycles. The van der Waals surface area contributed by atoms with E-state index in [0.29, 0.717) is 0 Å². The maximum Gasteiger partial charge on any atom is -0.344 e. The predicted molar refractivity (Wildman–Crippen MR) is 64.6 cm³/mol. The fraction of sp³-hybridized carbons (Fsp3) is 0.333. The summed E-state index contributed by atoms with van der Waals surface area (Å²) >= 11 is 0. The minimum absolute atomic E-state index is 0. The second-order valence-electron chi connectivity index (χ2n) is 4.31. The number of nitrogens with zero attached hydrogens (tertiary/aromatic N) is 1. The summed E-state index contributed by atoms with van der Waals surface area (Å²) in [5, 5.41) is 0. The second-order valence-corrected chi connectivity index (χ2v) is 6.22. The molecule has 0 radical (unpaired) electrons. The van der Waals surface area contributed by atoms with Crippen molar-refractivity contribution in [3.05, 3.63) is 30.3 Å². The van der Waals surface area contributed by atoms with Crippen molar-refractivity contribution < 1.29 is 25.2 Å². The molecule has 0 spiro atoms. The third-order valence-corrected chi connectivity index (χ3v) is 1.53. The number of halogens is 6. The van der Waals surface area contributed by atoms with Crippen LogP contribution in [-0.2, 0) is 0 Å². The molecule has 0 atom stereocenters. The van der Waals surface area contributed by atoms with Crippen LogP contribution < -0.4 is 10.6 Å². The average Bonchev–Trinajstić information content (AvgIpc) is 1.98. The molecule has 0 fully saturated rings. The summed E-state index contributed by atoms with van der Waals surface area (Å²) in [5.74, 6) is 0. The third kappa shape index (κ3) is 17.5. The van der Waals surface area contributed by atoms with Gasteiger partial charge in [0.1, 0.15) is 5.69 Å². The van der Waals surface area contributed by atoms with E-state index in [1.807, 2.05) is 6.07 Å². The zero-order valence-corrected chi connectivity index (χ0v) is 11.2. The molecule has 3 N–H and O–H groups in total. The Balaban J connectivity index is 0. The summed E-state index contributed by atoms with van der Waals surface area (Å²) in [5.41, 5.74) is 1.34. The Morgan fingerprint density at radius 3 is 1.22 bits per heavy atom. The van der Waals surface area contributed by atoms with E-state index in [2.05, 4.69) is 45.4 Å². The molecule has 1 aromatic rings. The fourth-order valence-electron chi connectivity index (χ4n) is 0.875. The van der Waals surface area contributed by atoms with Crippen LogP contribution in [-0.4, -0.2) is 21.1 Å². The zero-order chi connectivity index (χ0) is 14.0. The molecule has 9 heteroatoms. The van der Waals surface area contributed by atoms with Crippen molar-refractivity contribution in [2.45, 2.75) is 0 Å². The van der Waals surface area contributed by atoms with E-state index in [1.165, 1.54) is 5.69 Å². The molecule has 1 aromatic carbocycles. The molecule has 110 valence electrons. The minimum Gasteiger partial charge on any atom is -0.344 e. The molecule has 18 heavy (non-hydrogen) atoms. The maximum atomic E-state index is 9.87. The first-order chi connectivity index (χ1) is 7.05. The van der Waals surface area contributed by atoms with Crippen molar-refractivity contribution in [1.29, 1.82) is 0 Å². The first-order valence-electron chi connectivity index (χ1n) is 4.49. The first kappa shape index (κ1) is 19.5. The van der Waals surface area contributed by atoms with E-state index in [-0.39, 0.29) is 6.15 Å². The molecule has 0 amide bonds. The number of hydrogen-bond acceptors (Lipinski definition) is 1. The fourth-order valence-corrected chi connectivity index (χ4v) is 0.875. The summed E-state index contributed by atoms with van der Waals surface area (Å²) in [7, 11) is -4.17. The number of benzene rings is 1. The van der Waals surface area contributed by atoms with E-state index in [1.54, 1.807) is 0 Å². The Morgan fingerprint density at radius 1 is 0.778 bits per heavy atom. The normalized spacial score (nSPS) is 15.4. The summed E-state index contributed by atoms with van der Waals surface area (Å²) in [6, 6.07) is 10.5. The molecule has 2 nitrogen and oxygen atoms in total. The Kier molecular flexibility index (Phi) is 5.06. The number of quaternary nitrogens is 1. The molecular formula is C9H17F6N2P. The molecule has 0 unspecified atom stereocenters. The van der Waals surface area contributed by atoms with Crippen molar-refractivity contribution in [2.24, 2.45) is 0 Å². The van der Waals surface area contributed by atoms with Crippen LogP contribution in [0.25, 0.3) is 0 Å². The van der Waals surface area contributed by atoms with Crippen LogP contribution in [0, 0.1) is 0 Å². The van der Waals surface area contributed by atoms with Crippen molar-refractivity contribution in [1.82, 2.24) is 10.6 Å². The van der Waals surface area contributed by atoms with Gasteiger partial charge in [-0.05, 0) is 12.1 Å². The molecule has 0 saturated carbocycles. The van der Waals surface area contributed by atoms with Crippen LogP contribution in [0.5, 0.6) is 0 Å². The van der Waals surface area contributed by atoms with Crippen molar-refractivity contribution in [3.63, 3.8) is 0 Å². The van der Waals surface area contributed by atoms with Crippen LogP contribution in [0.3, 0.4) is 0 Å². The number of para-hydroxylation sites is 1. The zero-order valence-electron chi connectivity index (χ0n) is 10.3. The van der Waals surface area contributed by atoms with Gasteiger partial charge in [-0.25, -0.2) is 0 Å². The number of hydrogen-bond donors (Lipinski definition) is 1. The SMILES string of the molecule is C[N+](C)(C)c1ccccc1.F[P-](F)(F)(F)(F)F.N. The van der Waals surface area contributed by atoms with Gasteiger partial charge in [-0.3, -0.25) is 4.48 Å². The molecule has 0 aliphatic carbocycles. The molecular weight excluding hydrogens is 281 g/mol. The van der Waals surface area contributed by atoms with Gasteiger partial charge in [-0.15, -0.1) is 0 Å². The van der Waals surface area contributed by atoms with Crippen LogP contribution in [0.2, 0.25) is 0 Å². The van der Waals surface area contributed by atoms with Crippen LogP contribution in [0.4, 0.5) is 30.9 Å². The van der Waals surface area contributed by atoms with Crippen LogP contribution in [0.1, 0.15) is 0 Å². The Labute approximate surface area is 102 Å². The molecule has 0 bridgehead atoms. The quantitative estimate of drug-likeness (QED) is 0.419. The Hall–Kier alpha value is -0.850. The van der Waals surface area contributed by atoms with Gasteiger partial charge in [0, 0.05) is 0 Å².